The van der Waals surface area contributed by atoms with Crippen LogP contribution in [-0.2, 0) is 0 Å². The predicted molar refractivity (Wildman–Crippen MR) is 107 cm³/mol. The molecule has 1 aromatic rings. The molecule has 24 heavy (non-hydrogen) atoms. The molecule has 0 heterocycles. The molecule has 0 fully saturated rings. The summed E-state index contributed by atoms with van der Waals surface area (Å²) in [5, 5.41) is 22.1. The highest BCUT2D eigenvalue weighted by molar-refractivity contribution is 6.83. The van der Waals surface area contributed by atoms with Crippen molar-refractivity contribution >= 4 is 16.1 Å². The number of nitriles is 1. The molecule has 1 atom stereocenters. The quantitative estimate of drug-likeness (QED) is 0.570. The zero-order valence-corrected chi connectivity index (χ0v) is 18.0. The number of allylic oxidation sites excluding steroid dienone is 1. The van der Waals surface area contributed by atoms with E-state index in [4.69, 9.17) is 5.26 Å². The number of benzene rings is 1. The fourth-order valence-electron chi connectivity index (χ4n) is 2.52. The molecule has 1 unspecified atom stereocenters. The Morgan fingerprint density at radius 3 is 1.92 bits per heavy atom. The first-order chi connectivity index (χ1) is 11.0. The van der Waals surface area contributed by atoms with E-state index in [9.17, 15) is 5.11 Å². The van der Waals surface area contributed by atoms with Crippen molar-refractivity contribution in [1.29, 1.82) is 5.26 Å². The van der Waals surface area contributed by atoms with Crippen molar-refractivity contribution in [3.8, 4) is 6.07 Å². The summed E-state index contributed by atoms with van der Waals surface area (Å²) < 4.78 is 0. The molecule has 0 radical (unpaired) electrons. The number of hydrogen-bond acceptors (Lipinski definition) is 2. The summed E-state index contributed by atoms with van der Waals surface area (Å²) in [5.74, 6) is 0. The average molecular weight is 356 g/mol. The molecule has 0 saturated heterocycles. The normalized spacial score (nSPS) is 12.6. The van der Waals surface area contributed by atoms with Gasteiger partial charge >= 0.3 is 0 Å². The highest BCUT2D eigenvalue weighted by atomic mass is 28.3. The molecule has 0 saturated carbocycles. The van der Waals surface area contributed by atoms with E-state index in [2.05, 4.69) is 63.7 Å². The van der Waals surface area contributed by atoms with Gasteiger partial charge in [0.2, 0.25) is 0 Å². The molecule has 0 spiro atoms. The second-order valence-electron chi connectivity index (χ2n) is 8.13. The summed E-state index contributed by atoms with van der Waals surface area (Å²) in [6.45, 7) is 15.7. The molecule has 1 rings (SSSR count). The molecule has 2 nitrogen and oxygen atoms in total. The Labute approximate surface area is 148 Å². The van der Waals surface area contributed by atoms with Crippen LogP contribution >= 0.6 is 0 Å². The lowest BCUT2D eigenvalue weighted by atomic mass is 10.1. The van der Waals surface area contributed by atoms with Gasteiger partial charge in [-0.1, -0.05) is 69.8 Å². The lowest BCUT2D eigenvalue weighted by Gasteiger charge is -2.24. The monoisotopic (exact) mass is 355 g/mol. The Kier molecular flexibility index (Phi) is 6.80. The Hall–Kier alpha value is -1.60. The summed E-state index contributed by atoms with van der Waals surface area (Å²) in [6, 6.07) is 9.26. The van der Waals surface area contributed by atoms with Crippen LogP contribution in [0.4, 0.5) is 0 Å². The fourth-order valence-corrected chi connectivity index (χ4v) is 5.44. The Bertz CT molecular complexity index is 715. The second-order valence-corrected chi connectivity index (χ2v) is 18.3. The van der Waals surface area contributed by atoms with Gasteiger partial charge in [-0.05, 0) is 34.5 Å². The van der Waals surface area contributed by atoms with E-state index in [0.29, 0.717) is 5.56 Å². The minimum Gasteiger partial charge on any atom is -0.384 e. The van der Waals surface area contributed by atoms with Crippen molar-refractivity contribution in [3.05, 3.63) is 57.2 Å². The van der Waals surface area contributed by atoms with Crippen LogP contribution in [-0.4, -0.2) is 21.3 Å². The number of nitrogens with zero attached hydrogens (tertiary/aromatic N) is 1. The summed E-state index contributed by atoms with van der Waals surface area (Å²) in [4.78, 5) is 0. The lowest BCUT2D eigenvalue weighted by molar-refractivity contribution is 0.222. The molecule has 0 bridgehead atoms. The van der Waals surface area contributed by atoms with E-state index in [1.54, 1.807) is 12.1 Å². The molecule has 1 N–H and O–H groups in total. The highest BCUT2D eigenvalue weighted by Gasteiger charge is 2.27. The molecule has 0 aliphatic rings. The topological polar surface area (TPSA) is 44.0 Å². The minimum atomic E-state index is -1.76. The molecular formula is C20H29NOSi2. The van der Waals surface area contributed by atoms with Gasteiger partial charge in [-0.25, -0.2) is 0 Å². The zero-order valence-electron chi connectivity index (χ0n) is 16.0. The zero-order chi connectivity index (χ0) is 18.5. The van der Waals surface area contributed by atoms with Crippen molar-refractivity contribution < 1.29 is 5.11 Å². The van der Waals surface area contributed by atoms with Crippen molar-refractivity contribution in [1.82, 2.24) is 0 Å². The van der Waals surface area contributed by atoms with Crippen molar-refractivity contribution in [2.75, 3.05) is 0 Å². The molecule has 0 aliphatic carbocycles. The Morgan fingerprint density at radius 1 is 1.00 bits per heavy atom. The van der Waals surface area contributed by atoms with Crippen LogP contribution in [0.25, 0.3) is 0 Å². The summed E-state index contributed by atoms with van der Waals surface area (Å²) in [6.07, 6.45) is 0.297. The number of aliphatic hydroxyl groups is 1. The molecule has 0 aliphatic heterocycles. The number of aliphatic hydroxyl groups excluding tert-OH is 1. The highest BCUT2D eigenvalue weighted by Crippen LogP contribution is 2.29. The van der Waals surface area contributed by atoms with Gasteiger partial charge in [-0.3, -0.25) is 0 Å². The van der Waals surface area contributed by atoms with Crippen molar-refractivity contribution in [2.45, 2.75) is 58.7 Å². The number of rotatable bonds is 5. The van der Waals surface area contributed by atoms with Gasteiger partial charge in [-0.2, -0.15) is 5.26 Å². The lowest BCUT2D eigenvalue weighted by Crippen LogP contribution is -2.28. The van der Waals surface area contributed by atoms with E-state index in [0.717, 1.165) is 17.2 Å². The third-order valence-electron chi connectivity index (χ3n) is 4.04. The van der Waals surface area contributed by atoms with E-state index in [1.165, 1.54) is 5.20 Å². The summed E-state index contributed by atoms with van der Waals surface area (Å²) >= 11 is 0. The van der Waals surface area contributed by atoms with Gasteiger partial charge in [0.1, 0.15) is 6.10 Å². The van der Waals surface area contributed by atoms with Crippen LogP contribution in [0.3, 0.4) is 0 Å². The smallest absolute Gasteiger partial charge is 0.104 e. The molecule has 128 valence electrons. The first-order valence-corrected chi connectivity index (χ1v) is 15.4. The maximum absolute atomic E-state index is 10.9. The summed E-state index contributed by atoms with van der Waals surface area (Å²) in [5.41, 5.74) is 8.17. The number of hydrogen-bond donors (Lipinski definition) is 1. The maximum atomic E-state index is 10.9. The van der Waals surface area contributed by atoms with Crippen LogP contribution in [0.2, 0.25) is 39.3 Å². The molecular weight excluding hydrogens is 326 g/mol. The first-order valence-electron chi connectivity index (χ1n) is 8.44. The van der Waals surface area contributed by atoms with Crippen molar-refractivity contribution in [3.63, 3.8) is 0 Å². The first kappa shape index (κ1) is 20.4. The van der Waals surface area contributed by atoms with Gasteiger partial charge in [0.25, 0.3) is 0 Å². The predicted octanol–water partition coefficient (Wildman–Crippen LogP) is 5.36. The van der Waals surface area contributed by atoms with E-state index < -0.39 is 22.3 Å². The summed E-state index contributed by atoms with van der Waals surface area (Å²) in [7, 11) is -3.17. The third-order valence-corrected chi connectivity index (χ3v) is 8.35. The van der Waals surface area contributed by atoms with E-state index in [1.807, 2.05) is 12.1 Å². The van der Waals surface area contributed by atoms with Crippen molar-refractivity contribution in [2.24, 2.45) is 0 Å². The largest absolute Gasteiger partial charge is 0.384 e. The van der Waals surface area contributed by atoms with Gasteiger partial charge in [0, 0.05) is 0 Å². The Balaban J connectivity index is 3.50. The van der Waals surface area contributed by atoms with E-state index in [-0.39, 0.29) is 0 Å². The SMILES string of the molecule is CCC(=C=C=C(C(O)c1ccc(C#N)cc1)[Si](C)(C)C)[Si](C)(C)C. The van der Waals surface area contributed by atoms with Crippen LogP contribution in [0.15, 0.2) is 46.1 Å². The molecule has 0 amide bonds. The van der Waals surface area contributed by atoms with Gasteiger partial charge < -0.3 is 5.11 Å². The van der Waals surface area contributed by atoms with Gasteiger partial charge in [-0.15, -0.1) is 0 Å². The van der Waals surface area contributed by atoms with Crippen LogP contribution < -0.4 is 0 Å². The molecule has 4 heteroatoms. The Morgan fingerprint density at radius 2 is 1.54 bits per heavy atom. The second kappa shape index (κ2) is 7.99. The maximum Gasteiger partial charge on any atom is 0.104 e. The average Bonchev–Trinajstić information content (AvgIpc) is 2.48. The third kappa shape index (κ3) is 5.49. The van der Waals surface area contributed by atoms with E-state index >= 15 is 0 Å². The van der Waals surface area contributed by atoms with Gasteiger partial charge in [0.05, 0.1) is 27.8 Å². The molecule has 1 aromatic carbocycles. The van der Waals surface area contributed by atoms with Crippen LogP contribution in [0.1, 0.15) is 30.6 Å². The minimum absolute atomic E-state index is 0.604. The van der Waals surface area contributed by atoms with Crippen LogP contribution in [0.5, 0.6) is 0 Å². The standard InChI is InChI=1S/C20H29NOSi2/c1-8-18(23(2,3)4)13-14-19(24(5,6)7)20(22)17-11-9-16(15-21)10-12-17/h9-12,20,22H,8H2,1-7H3. The van der Waals surface area contributed by atoms with Gasteiger partial charge in [0.15, 0.2) is 0 Å². The van der Waals surface area contributed by atoms with Crippen LogP contribution in [0, 0.1) is 11.3 Å². The fraction of sp³-hybridized carbons (Fsp3) is 0.450. The molecule has 0 aromatic heterocycles.